The van der Waals surface area contributed by atoms with E-state index in [-0.39, 0.29) is 5.56 Å². The summed E-state index contributed by atoms with van der Waals surface area (Å²) in [5, 5.41) is 4.32. The molecule has 0 radical (unpaired) electrons. The first kappa shape index (κ1) is 16.1. The van der Waals surface area contributed by atoms with Gasteiger partial charge in [-0.25, -0.2) is 8.78 Å². The zero-order chi connectivity index (χ0) is 15.6. The van der Waals surface area contributed by atoms with Gasteiger partial charge >= 0.3 is 0 Å². The Hall–Kier alpha value is -1.31. The molecule has 0 aliphatic carbocycles. The molecule has 1 heterocycles. The van der Waals surface area contributed by atoms with E-state index in [1.54, 1.807) is 11.7 Å². The number of nitrogens with one attached hydrogen (secondary N) is 1. The summed E-state index contributed by atoms with van der Waals surface area (Å²) in [7, 11) is 1.80. The van der Waals surface area contributed by atoms with Gasteiger partial charge in [-0.15, -0.1) is 0 Å². The summed E-state index contributed by atoms with van der Waals surface area (Å²) >= 11 is 3.06. The Morgan fingerprint density at radius 3 is 2.43 bits per heavy atom. The summed E-state index contributed by atoms with van der Waals surface area (Å²) in [4.78, 5) is 0. The molecule has 0 spiro atoms. The Bertz CT molecular complexity index is 619. The number of aromatic nitrogens is 2. The van der Waals surface area contributed by atoms with Gasteiger partial charge in [0.15, 0.2) is 0 Å². The normalized spacial score (nSPS) is 12.7. The van der Waals surface area contributed by atoms with Crippen LogP contribution in [0.15, 0.2) is 22.7 Å². The number of hydrogen-bond donors (Lipinski definition) is 2. The molecule has 0 saturated heterocycles. The molecule has 1 unspecified atom stereocenters. The predicted octanol–water partition coefficient (Wildman–Crippen LogP) is 2.77. The predicted molar refractivity (Wildman–Crippen MR) is 80.4 cm³/mol. The summed E-state index contributed by atoms with van der Waals surface area (Å²) in [5.41, 5.74) is 4.21. The van der Waals surface area contributed by atoms with E-state index in [0.717, 1.165) is 17.8 Å². The van der Waals surface area contributed by atoms with Gasteiger partial charge in [-0.3, -0.25) is 16.0 Å². The molecule has 0 bridgehead atoms. The summed E-state index contributed by atoms with van der Waals surface area (Å²) < 4.78 is 30.1. The fourth-order valence-electron chi connectivity index (χ4n) is 2.28. The molecule has 4 nitrogen and oxygen atoms in total. The first-order valence-corrected chi connectivity index (χ1v) is 7.37. The number of hydrogen-bond acceptors (Lipinski definition) is 3. The highest BCUT2D eigenvalue weighted by molar-refractivity contribution is 9.10. The highest BCUT2D eigenvalue weighted by atomic mass is 79.9. The number of nitrogens with zero attached hydrogens (tertiary/aromatic N) is 2. The largest absolute Gasteiger partial charge is 0.272 e. The maximum Gasteiger partial charge on any atom is 0.132 e. The zero-order valence-electron chi connectivity index (χ0n) is 11.8. The van der Waals surface area contributed by atoms with Crippen LogP contribution in [-0.2, 0) is 19.9 Å². The van der Waals surface area contributed by atoms with E-state index in [0.29, 0.717) is 10.9 Å². The molecule has 0 aliphatic heterocycles. The molecule has 0 fully saturated rings. The van der Waals surface area contributed by atoms with Crippen molar-refractivity contribution in [2.45, 2.75) is 25.8 Å². The lowest BCUT2D eigenvalue weighted by Crippen LogP contribution is -2.31. The van der Waals surface area contributed by atoms with Crippen molar-refractivity contribution in [1.29, 1.82) is 0 Å². The lowest BCUT2D eigenvalue weighted by atomic mass is 10.0. The highest BCUT2D eigenvalue weighted by Crippen LogP contribution is 2.27. The van der Waals surface area contributed by atoms with E-state index < -0.39 is 17.7 Å². The van der Waals surface area contributed by atoms with Crippen LogP contribution in [0, 0.1) is 11.6 Å². The van der Waals surface area contributed by atoms with Crippen LogP contribution in [0.2, 0.25) is 0 Å². The number of rotatable bonds is 5. The van der Waals surface area contributed by atoms with Crippen molar-refractivity contribution >= 4 is 15.9 Å². The minimum atomic E-state index is -0.668. The van der Waals surface area contributed by atoms with Crippen LogP contribution >= 0.6 is 15.9 Å². The van der Waals surface area contributed by atoms with E-state index in [4.69, 9.17) is 5.84 Å². The summed E-state index contributed by atoms with van der Waals surface area (Å²) in [6.45, 7) is 2.00. The number of aryl methyl sites for hydroxylation is 2. The van der Waals surface area contributed by atoms with Crippen LogP contribution in [0.25, 0.3) is 0 Å². The van der Waals surface area contributed by atoms with E-state index in [1.807, 2.05) is 13.0 Å². The average Bonchev–Trinajstić information content (AvgIpc) is 2.77. The van der Waals surface area contributed by atoms with Crippen LogP contribution in [0.5, 0.6) is 0 Å². The molecule has 0 saturated carbocycles. The van der Waals surface area contributed by atoms with Gasteiger partial charge in [-0.2, -0.15) is 5.10 Å². The van der Waals surface area contributed by atoms with Crippen molar-refractivity contribution in [3.8, 4) is 0 Å². The van der Waals surface area contributed by atoms with Gasteiger partial charge in [0.25, 0.3) is 0 Å². The standard InChI is InChI=1S/C14H17BrF2N4/c1-3-9-6-10(21(2)20-9)7-13(19-18)14-11(16)4-8(15)5-12(14)17/h4-6,13,19H,3,7,18H2,1-2H3. The first-order chi connectivity index (χ1) is 9.96. The third-order valence-corrected chi connectivity index (χ3v) is 3.85. The van der Waals surface area contributed by atoms with Crippen molar-refractivity contribution in [1.82, 2.24) is 15.2 Å². The van der Waals surface area contributed by atoms with Gasteiger partial charge in [-0.1, -0.05) is 22.9 Å². The average molecular weight is 359 g/mol. The first-order valence-electron chi connectivity index (χ1n) is 6.58. The van der Waals surface area contributed by atoms with Crippen LogP contribution in [0.4, 0.5) is 8.78 Å². The van der Waals surface area contributed by atoms with Crippen molar-refractivity contribution in [3.05, 3.63) is 51.3 Å². The number of nitrogens with two attached hydrogens (primary N) is 1. The molecule has 21 heavy (non-hydrogen) atoms. The summed E-state index contributed by atoms with van der Waals surface area (Å²) in [5.74, 6) is 4.22. The van der Waals surface area contributed by atoms with E-state index in [1.165, 1.54) is 12.1 Å². The molecule has 7 heteroatoms. The summed E-state index contributed by atoms with van der Waals surface area (Å²) in [6, 6.07) is 3.70. The van der Waals surface area contributed by atoms with Crippen molar-refractivity contribution < 1.29 is 8.78 Å². The SMILES string of the molecule is CCc1cc(CC(NN)c2c(F)cc(Br)cc2F)n(C)n1. The Kier molecular flexibility index (Phi) is 5.08. The van der Waals surface area contributed by atoms with E-state index in [2.05, 4.69) is 26.5 Å². The third kappa shape index (κ3) is 3.48. The second-order valence-corrected chi connectivity index (χ2v) is 5.73. The minimum Gasteiger partial charge on any atom is -0.272 e. The molecule has 0 aliphatic rings. The molecule has 1 atom stereocenters. The van der Waals surface area contributed by atoms with Crippen LogP contribution in [0.3, 0.4) is 0 Å². The number of halogens is 3. The van der Waals surface area contributed by atoms with Crippen molar-refractivity contribution in [2.75, 3.05) is 0 Å². The second-order valence-electron chi connectivity index (χ2n) is 4.81. The molecular weight excluding hydrogens is 342 g/mol. The van der Waals surface area contributed by atoms with Gasteiger partial charge in [0, 0.05) is 29.2 Å². The van der Waals surface area contributed by atoms with Crippen LogP contribution in [-0.4, -0.2) is 9.78 Å². The Morgan fingerprint density at radius 2 is 1.95 bits per heavy atom. The molecule has 0 amide bonds. The Morgan fingerprint density at radius 1 is 1.33 bits per heavy atom. The fourth-order valence-corrected chi connectivity index (χ4v) is 2.68. The molecule has 3 N–H and O–H groups in total. The quantitative estimate of drug-likeness (QED) is 0.638. The molecule has 1 aromatic heterocycles. The van der Waals surface area contributed by atoms with Gasteiger partial charge < -0.3 is 0 Å². The van der Waals surface area contributed by atoms with Gasteiger partial charge in [0.2, 0.25) is 0 Å². The Balaban J connectivity index is 2.34. The third-order valence-electron chi connectivity index (χ3n) is 3.40. The zero-order valence-corrected chi connectivity index (χ0v) is 13.4. The van der Waals surface area contributed by atoms with Crippen molar-refractivity contribution in [2.24, 2.45) is 12.9 Å². The van der Waals surface area contributed by atoms with E-state index in [9.17, 15) is 8.78 Å². The molecule has 2 rings (SSSR count). The summed E-state index contributed by atoms with van der Waals surface area (Å²) in [6.07, 6.45) is 1.14. The minimum absolute atomic E-state index is 0.0695. The Labute approximate surface area is 130 Å². The number of benzene rings is 1. The monoisotopic (exact) mass is 358 g/mol. The lowest BCUT2D eigenvalue weighted by Gasteiger charge is -2.18. The van der Waals surface area contributed by atoms with E-state index >= 15 is 0 Å². The van der Waals surface area contributed by atoms with Crippen molar-refractivity contribution in [3.63, 3.8) is 0 Å². The smallest absolute Gasteiger partial charge is 0.132 e. The highest BCUT2D eigenvalue weighted by Gasteiger charge is 2.22. The molecule has 114 valence electrons. The van der Waals surface area contributed by atoms with Crippen LogP contribution in [0.1, 0.15) is 29.9 Å². The topological polar surface area (TPSA) is 55.9 Å². The second kappa shape index (κ2) is 6.64. The van der Waals surface area contributed by atoms with Gasteiger partial charge in [0.05, 0.1) is 11.7 Å². The fraction of sp³-hybridized carbons (Fsp3) is 0.357. The maximum atomic E-state index is 14.0. The molecular formula is C14H17BrF2N4. The van der Waals surface area contributed by atoms with Gasteiger partial charge in [-0.05, 0) is 24.6 Å². The lowest BCUT2D eigenvalue weighted by molar-refractivity contribution is 0.463. The molecule has 2 aromatic rings. The van der Waals surface area contributed by atoms with Gasteiger partial charge in [0.1, 0.15) is 11.6 Å². The number of hydrazine groups is 1. The maximum absolute atomic E-state index is 14.0. The van der Waals surface area contributed by atoms with Crippen LogP contribution < -0.4 is 11.3 Å². The molecule has 1 aromatic carbocycles.